The molecule has 7 heteroatoms. The maximum absolute atomic E-state index is 12.5. The lowest BCUT2D eigenvalue weighted by Crippen LogP contribution is -2.52. The molecule has 0 aliphatic carbocycles. The minimum atomic E-state index is -1.04. The summed E-state index contributed by atoms with van der Waals surface area (Å²) < 4.78 is 23.0. The zero-order valence-electron chi connectivity index (χ0n) is 18.3. The standard InChI is InChI=1S/C24H26O7/c1-6-7-8-17(25)29-22-20-16(11-9-15-10-12-18(26)28-21(15)20)31-24(4,5)23(22)30-19(27)13-14(2)3/h7-13,22-23H,6H2,1-5H3. The van der Waals surface area contributed by atoms with Crippen molar-refractivity contribution in [1.82, 2.24) is 0 Å². The fraction of sp³-hybridized carbons (Fsp3) is 0.375. The van der Waals surface area contributed by atoms with Crippen LogP contribution in [0.3, 0.4) is 0 Å². The molecule has 0 fully saturated rings. The molecule has 31 heavy (non-hydrogen) atoms. The second-order valence-electron chi connectivity index (χ2n) is 8.10. The molecule has 1 aliphatic heterocycles. The zero-order chi connectivity index (χ0) is 22.8. The number of hydrogen-bond acceptors (Lipinski definition) is 7. The summed E-state index contributed by atoms with van der Waals surface area (Å²) in [7, 11) is 0. The van der Waals surface area contributed by atoms with Crippen molar-refractivity contribution in [3.63, 3.8) is 0 Å². The van der Waals surface area contributed by atoms with E-state index in [9.17, 15) is 14.4 Å². The van der Waals surface area contributed by atoms with Gasteiger partial charge < -0.3 is 18.6 Å². The topological polar surface area (TPSA) is 92.0 Å². The van der Waals surface area contributed by atoms with Crippen molar-refractivity contribution >= 4 is 22.9 Å². The van der Waals surface area contributed by atoms with E-state index in [1.807, 2.05) is 6.92 Å². The van der Waals surface area contributed by atoms with Gasteiger partial charge in [-0.15, -0.1) is 0 Å². The second-order valence-corrected chi connectivity index (χ2v) is 8.10. The first-order chi connectivity index (χ1) is 14.6. The highest BCUT2D eigenvalue weighted by Crippen LogP contribution is 2.46. The van der Waals surface area contributed by atoms with Gasteiger partial charge in [-0.3, -0.25) is 0 Å². The summed E-state index contributed by atoms with van der Waals surface area (Å²) in [4.78, 5) is 36.9. The average Bonchev–Trinajstić information content (AvgIpc) is 2.67. The first kappa shape index (κ1) is 22.3. The summed E-state index contributed by atoms with van der Waals surface area (Å²) in [5.41, 5.74) is -0.250. The normalized spacial score (nSPS) is 19.4. The number of ether oxygens (including phenoxy) is 3. The predicted molar refractivity (Wildman–Crippen MR) is 115 cm³/mol. The number of allylic oxidation sites excluding steroid dienone is 2. The van der Waals surface area contributed by atoms with E-state index in [4.69, 9.17) is 18.6 Å². The van der Waals surface area contributed by atoms with Gasteiger partial charge in [0, 0.05) is 23.6 Å². The monoisotopic (exact) mass is 426 g/mol. The van der Waals surface area contributed by atoms with Gasteiger partial charge >= 0.3 is 17.6 Å². The molecule has 2 aromatic rings. The third-order valence-electron chi connectivity index (χ3n) is 4.79. The van der Waals surface area contributed by atoms with Crippen molar-refractivity contribution in [2.45, 2.75) is 58.8 Å². The summed E-state index contributed by atoms with van der Waals surface area (Å²) >= 11 is 0. The lowest BCUT2D eigenvalue weighted by atomic mass is 9.87. The Morgan fingerprint density at radius 1 is 1.10 bits per heavy atom. The Morgan fingerprint density at radius 2 is 1.81 bits per heavy atom. The van der Waals surface area contributed by atoms with Gasteiger partial charge in [-0.1, -0.05) is 18.6 Å². The summed E-state index contributed by atoms with van der Waals surface area (Å²) in [6, 6.07) is 6.38. The molecule has 0 spiro atoms. The Labute approximate surface area is 180 Å². The van der Waals surface area contributed by atoms with Gasteiger partial charge in [-0.25, -0.2) is 14.4 Å². The number of fused-ring (bicyclic) bond motifs is 3. The van der Waals surface area contributed by atoms with Gasteiger partial charge in [0.25, 0.3) is 0 Å². The smallest absolute Gasteiger partial charge is 0.336 e. The number of rotatable bonds is 5. The average molecular weight is 426 g/mol. The second kappa shape index (κ2) is 8.79. The van der Waals surface area contributed by atoms with Crippen molar-refractivity contribution in [2.75, 3.05) is 0 Å². The van der Waals surface area contributed by atoms with Crippen LogP contribution in [0.2, 0.25) is 0 Å². The van der Waals surface area contributed by atoms with E-state index in [2.05, 4.69) is 0 Å². The molecule has 3 rings (SSSR count). The Balaban J connectivity index is 2.18. The molecule has 0 radical (unpaired) electrons. The molecule has 7 nitrogen and oxygen atoms in total. The Bertz CT molecular complexity index is 1120. The highest BCUT2D eigenvalue weighted by molar-refractivity contribution is 5.86. The SMILES string of the molecule is CCC=CC(=O)OC1c2c(ccc3ccc(=O)oc23)OC(C)(C)C1OC(=O)C=C(C)C. The number of carbonyl (C=O) groups is 2. The predicted octanol–water partition coefficient (Wildman–Crippen LogP) is 4.39. The van der Waals surface area contributed by atoms with E-state index in [0.717, 1.165) is 5.57 Å². The fourth-order valence-corrected chi connectivity index (χ4v) is 3.45. The highest BCUT2D eigenvalue weighted by Gasteiger charge is 2.49. The van der Waals surface area contributed by atoms with Crippen molar-refractivity contribution in [1.29, 1.82) is 0 Å². The molecule has 0 amide bonds. The molecule has 2 heterocycles. The van der Waals surface area contributed by atoms with Crippen LogP contribution in [-0.2, 0) is 19.1 Å². The zero-order valence-corrected chi connectivity index (χ0v) is 18.3. The van der Waals surface area contributed by atoms with Gasteiger partial charge in [0.2, 0.25) is 0 Å². The van der Waals surface area contributed by atoms with Crippen LogP contribution in [0.1, 0.15) is 52.7 Å². The summed E-state index contributed by atoms with van der Waals surface area (Å²) in [6.45, 7) is 8.92. The molecule has 0 N–H and O–H groups in total. The summed E-state index contributed by atoms with van der Waals surface area (Å²) in [6.07, 6.45) is 2.96. The van der Waals surface area contributed by atoms with Gasteiger partial charge in [0.15, 0.2) is 12.2 Å². The van der Waals surface area contributed by atoms with E-state index in [1.165, 1.54) is 18.2 Å². The van der Waals surface area contributed by atoms with Crippen LogP contribution in [0.15, 0.2) is 57.3 Å². The van der Waals surface area contributed by atoms with Crippen molar-refractivity contribution in [2.24, 2.45) is 0 Å². The first-order valence-corrected chi connectivity index (χ1v) is 10.1. The van der Waals surface area contributed by atoms with Crippen molar-refractivity contribution < 1.29 is 28.2 Å². The van der Waals surface area contributed by atoms with Gasteiger partial charge in [-0.05, 0) is 52.3 Å². The molecule has 1 aromatic carbocycles. The minimum Gasteiger partial charge on any atom is -0.483 e. The molecule has 2 atom stereocenters. The van der Waals surface area contributed by atoms with Crippen LogP contribution >= 0.6 is 0 Å². The van der Waals surface area contributed by atoms with Crippen molar-refractivity contribution in [3.8, 4) is 5.75 Å². The van der Waals surface area contributed by atoms with Crippen LogP contribution in [0.5, 0.6) is 5.75 Å². The molecule has 0 bridgehead atoms. The number of benzene rings is 1. The molecule has 164 valence electrons. The third-order valence-corrected chi connectivity index (χ3v) is 4.79. The van der Waals surface area contributed by atoms with E-state index >= 15 is 0 Å². The first-order valence-electron chi connectivity index (χ1n) is 10.1. The molecular formula is C24H26O7. The number of carbonyl (C=O) groups excluding carboxylic acids is 2. The molecule has 1 aliphatic rings. The summed E-state index contributed by atoms with van der Waals surface area (Å²) in [5, 5.41) is 0.626. The van der Waals surface area contributed by atoms with Gasteiger partial charge in [0.1, 0.15) is 16.9 Å². The van der Waals surface area contributed by atoms with Crippen LogP contribution in [0, 0.1) is 0 Å². The van der Waals surface area contributed by atoms with Crippen molar-refractivity contribution in [3.05, 3.63) is 64.1 Å². The molecular weight excluding hydrogens is 400 g/mol. The molecule has 1 aromatic heterocycles. The maximum Gasteiger partial charge on any atom is 0.336 e. The third kappa shape index (κ3) is 4.87. The van der Waals surface area contributed by atoms with Crippen LogP contribution in [0.25, 0.3) is 11.0 Å². The molecule has 2 unspecified atom stereocenters. The quantitative estimate of drug-likeness (QED) is 0.398. The summed E-state index contributed by atoms with van der Waals surface area (Å²) in [5.74, 6) is -0.801. The van der Waals surface area contributed by atoms with E-state index in [0.29, 0.717) is 23.1 Å². The lowest BCUT2D eigenvalue weighted by molar-refractivity contribution is -0.184. The Kier molecular flexibility index (Phi) is 6.34. The Morgan fingerprint density at radius 3 is 2.48 bits per heavy atom. The van der Waals surface area contributed by atoms with Crippen LogP contribution < -0.4 is 10.4 Å². The Hall–Kier alpha value is -3.35. The lowest BCUT2D eigenvalue weighted by Gasteiger charge is -2.43. The van der Waals surface area contributed by atoms with E-state index in [1.54, 1.807) is 52.0 Å². The van der Waals surface area contributed by atoms with Gasteiger partial charge in [-0.2, -0.15) is 0 Å². The van der Waals surface area contributed by atoms with Crippen LogP contribution in [-0.4, -0.2) is 23.6 Å². The highest BCUT2D eigenvalue weighted by atomic mass is 16.6. The molecule has 0 saturated heterocycles. The number of hydrogen-bond donors (Lipinski definition) is 0. The molecule has 0 saturated carbocycles. The fourth-order valence-electron chi connectivity index (χ4n) is 3.45. The minimum absolute atomic E-state index is 0.223. The van der Waals surface area contributed by atoms with E-state index in [-0.39, 0.29) is 5.58 Å². The van der Waals surface area contributed by atoms with E-state index < -0.39 is 35.4 Å². The van der Waals surface area contributed by atoms with Gasteiger partial charge in [0.05, 0.1) is 5.56 Å². The maximum atomic E-state index is 12.5. The number of esters is 2. The largest absolute Gasteiger partial charge is 0.483 e. The van der Waals surface area contributed by atoms with Crippen LogP contribution in [0.4, 0.5) is 0 Å².